The fraction of sp³-hybridized carbons (Fsp3) is 0.0769. The molecule has 5 heteroatoms. The smallest absolute Gasteiger partial charge is 0.225 e. The molecule has 0 radical (unpaired) electrons. The first-order chi connectivity index (χ1) is 8.70. The molecule has 0 amide bonds. The number of hydrogen-bond acceptors (Lipinski definition) is 4. The maximum atomic E-state index is 13.8. The lowest BCUT2D eigenvalue weighted by Crippen LogP contribution is -2.12. The Kier molecular flexibility index (Phi) is 2.25. The molecule has 1 aromatic carbocycles. The van der Waals surface area contributed by atoms with Crippen LogP contribution in [-0.2, 0) is 0 Å². The van der Waals surface area contributed by atoms with Crippen molar-refractivity contribution >= 4 is 0 Å². The summed E-state index contributed by atoms with van der Waals surface area (Å²) in [4.78, 5) is 3.94. The Bertz CT molecular complexity index is 679. The number of pyridine rings is 1. The van der Waals surface area contributed by atoms with Gasteiger partial charge in [-0.1, -0.05) is 0 Å². The van der Waals surface area contributed by atoms with Gasteiger partial charge < -0.3 is 9.84 Å². The number of hydrogen-bond donors (Lipinski definition) is 1. The zero-order valence-electron chi connectivity index (χ0n) is 9.09. The molecule has 0 saturated heterocycles. The third-order valence-corrected chi connectivity index (χ3v) is 2.79. The maximum absolute atomic E-state index is 13.8. The highest BCUT2D eigenvalue weighted by Crippen LogP contribution is 2.43. The van der Waals surface area contributed by atoms with Gasteiger partial charge in [-0.05, 0) is 24.3 Å². The number of benzene rings is 1. The summed E-state index contributed by atoms with van der Waals surface area (Å²) in [5.74, 6) is -0.576. The maximum Gasteiger partial charge on any atom is 0.225 e. The summed E-state index contributed by atoms with van der Waals surface area (Å²) in [6, 6.07) is 7.62. The monoisotopic (exact) mass is 242 g/mol. The summed E-state index contributed by atoms with van der Waals surface area (Å²) in [5, 5.41) is 19.0. The van der Waals surface area contributed by atoms with E-state index in [1.807, 2.05) is 6.07 Å². The first kappa shape index (κ1) is 10.7. The van der Waals surface area contributed by atoms with Crippen molar-refractivity contribution in [1.82, 2.24) is 4.98 Å². The van der Waals surface area contributed by atoms with E-state index in [2.05, 4.69) is 4.98 Å². The molecule has 18 heavy (non-hydrogen) atoms. The van der Waals surface area contributed by atoms with Crippen LogP contribution in [-0.4, -0.2) is 10.1 Å². The van der Waals surface area contributed by atoms with E-state index in [9.17, 15) is 9.50 Å². The molecule has 1 aromatic heterocycles. The number of nitrogens with zero attached hydrogens (tertiary/aromatic N) is 2. The molecule has 0 spiro atoms. The van der Waals surface area contributed by atoms with Gasteiger partial charge in [-0.15, -0.1) is 0 Å². The Morgan fingerprint density at radius 2 is 2.22 bits per heavy atom. The zero-order chi connectivity index (χ0) is 12.7. The Balaban J connectivity index is 2.23. The fourth-order valence-electron chi connectivity index (χ4n) is 1.95. The van der Waals surface area contributed by atoms with Gasteiger partial charge in [0.1, 0.15) is 6.10 Å². The largest absolute Gasteiger partial charge is 0.435 e. The summed E-state index contributed by atoms with van der Waals surface area (Å²) in [7, 11) is 0. The highest BCUT2D eigenvalue weighted by molar-refractivity contribution is 5.53. The van der Waals surface area contributed by atoms with Crippen molar-refractivity contribution in [3.05, 3.63) is 53.0 Å². The van der Waals surface area contributed by atoms with Gasteiger partial charge in [0, 0.05) is 17.3 Å². The second kappa shape index (κ2) is 3.79. The van der Waals surface area contributed by atoms with Gasteiger partial charge in [0.2, 0.25) is 5.88 Å². The van der Waals surface area contributed by atoms with Crippen molar-refractivity contribution in [2.45, 2.75) is 6.10 Å². The minimum absolute atomic E-state index is 0.0762. The zero-order valence-corrected chi connectivity index (χ0v) is 9.09. The number of halogens is 1. The predicted molar refractivity (Wildman–Crippen MR) is 59.5 cm³/mol. The number of ether oxygens (including phenoxy) is 1. The lowest BCUT2D eigenvalue weighted by Gasteiger charge is -2.23. The van der Waals surface area contributed by atoms with Gasteiger partial charge in [-0.2, -0.15) is 5.26 Å². The van der Waals surface area contributed by atoms with E-state index in [-0.39, 0.29) is 22.8 Å². The summed E-state index contributed by atoms with van der Waals surface area (Å²) in [5.41, 5.74) is 0.841. The van der Waals surface area contributed by atoms with E-state index >= 15 is 0 Å². The Morgan fingerprint density at radius 1 is 1.39 bits per heavy atom. The van der Waals surface area contributed by atoms with E-state index in [0.717, 1.165) is 6.07 Å². The second-order valence-electron chi connectivity index (χ2n) is 3.89. The number of aliphatic hydroxyl groups excluding tert-OH is 1. The molecule has 4 nitrogen and oxygen atoms in total. The Hall–Kier alpha value is -2.45. The number of nitriles is 1. The summed E-state index contributed by atoms with van der Waals surface area (Å²) in [6.07, 6.45) is 0.457. The van der Waals surface area contributed by atoms with Crippen molar-refractivity contribution in [2.24, 2.45) is 0 Å². The molecule has 1 unspecified atom stereocenters. The lowest BCUT2D eigenvalue weighted by molar-refractivity contribution is 0.198. The van der Waals surface area contributed by atoms with Crippen molar-refractivity contribution in [3.8, 4) is 17.7 Å². The molecule has 0 aliphatic carbocycles. The van der Waals surface area contributed by atoms with Crippen molar-refractivity contribution < 1.29 is 14.2 Å². The van der Waals surface area contributed by atoms with E-state index < -0.39 is 11.9 Å². The van der Waals surface area contributed by atoms with Crippen LogP contribution in [0.1, 0.15) is 22.8 Å². The number of fused-ring (bicyclic) bond motifs is 2. The molecule has 2 heterocycles. The van der Waals surface area contributed by atoms with Crippen LogP contribution in [0.25, 0.3) is 0 Å². The molecule has 1 aliphatic heterocycles. The second-order valence-corrected chi connectivity index (χ2v) is 3.89. The first-order valence-corrected chi connectivity index (χ1v) is 5.25. The first-order valence-electron chi connectivity index (χ1n) is 5.25. The molecular formula is C13H7FN2O2. The highest BCUT2D eigenvalue weighted by atomic mass is 19.1. The molecule has 3 rings (SSSR count). The lowest BCUT2D eigenvalue weighted by atomic mass is 9.97. The molecule has 1 N–H and O–H groups in total. The van der Waals surface area contributed by atoms with E-state index in [1.165, 1.54) is 12.3 Å². The molecule has 0 fully saturated rings. The van der Waals surface area contributed by atoms with Gasteiger partial charge in [0.05, 0.1) is 11.6 Å². The molecule has 2 aromatic rings. The highest BCUT2D eigenvalue weighted by Gasteiger charge is 2.29. The molecule has 0 saturated carbocycles. The van der Waals surface area contributed by atoms with Gasteiger partial charge in [0.25, 0.3) is 0 Å². The van der Waals surface area contributed by atoms with Crippen LogP contribution in [0.5, 0.6) is 11.6 Å². The fourth-order valence-corrected chi connectivity index (χ4v) is 1.95. The van der Waals surface area contributed by atoms with Crippen LogP contribution >= 0.6 is 0 Å². The summed E-state index contributed by atoms with van der Waals surface area (Å²) in [6.45, 7) is 0. The van der Waals surface area contributed by atoms with Crippen LogP contribution < -0.4 is 4.74 Å². The van der Waals surface area contributed by atoms with Crippen LogP contribution in [0.2, 0.25) is 0 Å². The Labute approximate surface area is 102 Å². The van der Waals surface area contributed by atoms with Gasteiger partial charge >= 0.3 is 0 Å². The van der Waals surface area contributed by atoms with Gasteiger partial charge in [0.15, 0.2) is 11.6 Å². The molecule has 1 aliphatic rings. The van der Waals surface area contributed by atoms with Crippen LogP contribution in [0, 0.1) is 17.1 Å². The number of aliphatic hydroxyl groups is 1. The van der Waals surface area contributed by atoms with E-state index in [1.54, 1.807) is 12.1 Å². The van der Waals surface area contributed by atoms with Crippen LogP contribution in [0.3, 0.4) is 0 Å². The topological polar surface area (TPSA) is 66.1 Å². The Morgan fingerprint density at radius 3 is 3.00 bits per heavy atom. The van der Waals surface area contributed by atoms with E-state index in [0.29, 0.717) is 5.56 Å². The van der Waals surface area contributed by atoms with Crippen molar-refractivity contribution in [2.75, 3.05) is 0 Å². The normalized spacial score (nSPS) is 16.2. The third-order valence-electron chi connectivity index (χ3n) is 2.79. The van der Waals surface area contributed by atoms with Crippen molar-refractivity contribution in [3.63, 3.8) is 0 Å². The molecule has 88 valence electrons. The van der Waals surface area contributed by atoms with Crippen LogP contribution in [0.4, 0.5) is 4.39 Å². The molecule has 1 atom stereocenters. The number of aromatic nitrogens is 1. The molecule has 0 bridgehead atoms. The minimum Gasteiger partial charge on any atom is -0.435 e. The number of rotatable bonds is 0. The quantitative estimate of drug-likeness (QED) is 0.769. The third kappa shape index (κ3) is 1.44. The standard InChI is InChI=1S/C13H7FN2O2/c14-10-5-7(6-15)4-9-11(17)8-2-1-3-16-13(8)18-12(9)10/h1-5,11,17H. The van der Waals surface area contributed by atoms with Crippen LogP contribution in [0.15, 0.2) is 30.5 Å². The average molecular weight is 242 g/mol. The average Bonchev–Trinajstić information content (AvgIpc) is 2.40. The van der Waals surface area contributed by atoms with E-state index in [4.69, 9.17) is 10.00 Å². The van der Waals surface area contributed by atoms with Gasteiger partial charge in [-0.3, -0.25) is 0 Å². The summed E-state index contributed by atoms with van der Waals surface area (Å²) < 4.78 is 19.1. The van der Waals surface area contributed by atoms with Gasteiger partial charge in [-0.25, -0.2) is 9.37 Å². The summed E-state index contributed by atoms with van der Waals surface area (Å²) >= 11 is 0. The van der Waals surface area contributed by atoms with Crippen molar-refractivity contribution in [1.29, 1.82) is 5.26 Å². The predicted octanol–water partition coefficient (Wildman–Crippen LogP) is 2.28. The molecular weight excluding hydrogens is 235 g/mol. The SMILES string of the molecule is N#Cc1cc(F)c2c(c1)C(O)c1cccnc1O2. The minimum atomic E-state index is -1.04.